The standard InChI is InChI=1S/C17H17F2N/c1-11-5-8-15(17(19)16(11)18)13-4-2-3-12(9-13)10-20-14-6-7-14/h2-5,8-9,14,20H,6-7,10H2,1H3. The van der Waals surface area contributed by atoms with Gasteiger partial charge in [0.15, 0.2) is 11.6 Å². The lowest BCUT2D eigenvalue weighted by atomic mass is 10.0. The average molecular weight is 273 g/mol. The van der Waals surface area contributed by atoms with Crippen molar-refractivity contribution in [3.05, 3.63) is 59.2 Å². The molecule has 0 unspecified atom stereocenters. The third kappa shape index (κ3) is 2.73. The molecule has 20 heavy (non-hydrogen) atoms. The molecule has 0 amide bonds. The molecule has 0 aliphatic heterocycles. The number of hydrogen-bond acceptors (Lipinski definition) is 1. The van der Waals surface area contributed by atoms with Gasteiger partial charge >= 0.3 is 0 Å². The van der Waals surface area contributed by atoms with E-state index in [9.17, 15) is 8.78 Å². The molecule has 0 atom stereocenters. The van der Waals surface area contributed by atoms with Crippen LogP contribution in [0.2, 0.25) is 0 Å². The lowest BCUT2D eigenvalue weighted by Crippen LogP contribution is -2.15. The zero-order chi connectivity index (χ0) is 14.1. The van der Waals surface area contributed by atoms with Gasteiger partial charge in [0, 0.05) is 18.2 Å². The molecule has 0 bridgehead atoms. The van der Waals surface area contributed by atoms with Crippen molar-refractivity contribution in [2.45, 2.75) is 32.4 Å². The molecule has 1 N–H and O–H groups in total. The minimum absolute atomic E-state index is 0.321. The maximum atomic E-state index is 14.0. The van der Waals surface area contributed by atoms with Crippen molar-refractivity contribution < 1.29 is 8.78 Å². The van der Waals surface area contributed by atoms with Crippen molar-refractivity contribution in [3.63, 3.8) is 0 Å². The van der Waals surface area contributed by atoms with E-state index in [2.05, 4.69) is 5.32 Å². The van der Waals surface area contributed by atoms with E-state index in [-0.39, 0.29) is 0 Å². The number of rotatable bonds is 4. The van der Waals surface area contributed by atoms with Crippen molar-refractivity contribution in [3.8, 4) is 11.1 Å². The largest absolute Gasteiger partial charge is 0.310 e. The first-order valence-corrected chi connectivity index (χ1v) is 6.92. The van der Waals surface area contributed by atoms with Crippen LogP contribution in [0.3, 0.4) is 0 Å². The SMILES string of the molecule is Cc1ccc(-c2cccc(CNC3CC3)c2)c(F)c1F. The lowest BCUT2D eigenvalue weighted by molar-refractivity contribution is 0.505. The molecule has 1 aliphatic carbocycles. The maximum absolute atomic E-state index is 14.0. The Morgan fingerprint density at radius 3 is 2.65 bits per heavy atom. The second-order valence-electron chi connectivity index (χ2n) is 5.41. The molecule has 1 nitrogen and oxygen atoms in total. The Hall–Kier alpha value is -1.74. The Labute approximate surface area is 117 Å². The first-order chi connectivity index (χ1) is 9.65. The molecule has 1 aliphatic rings. The second-order valence-corrected chi connectivity index (χ2v) is 5.41. The summed E-state index contributed by atoms with van der Waals surface area (Å²) in [4.78, 5) is 0. The summed E-state index contributed by atoms with van der Waals surface area (Å²) >= 11 is 0. The molecule has 3 rings (SSSR count). The number of aryl methyl sites for hydroxylation is 1. The molecule has 0 aromatic heterocycles. The fourth-order valence-electron chi connectivity index (χ4n) is 2.27. The van der Waals surface area contributed by atoms with Crippen LogP contribution >= 0.6 is 0 Å². The summed E-state index contributed by atoms with van der Waals surface area (Å²) in [5, 5.41) is 3.42. The zero-order valence-electron chi connectivity index (χ0n) is 11.4. The fraction of sp³-hybridized carbons (Fsp3) is 0.294. The van der Waals surface area contributed by atoms with Crippen LogP contribution in [0.15, 0.2) is 36.4 Å². The van der Waals surface area contributed by atoms with Crippen LogP contribution in [0.1, 0.15) is 24.0 Å². The number of nitrogens with one attached hydrogen (secondary N) is 1. The molecular weight excluding hydrogens is 256 g/mol. The van der Waals surface area contributed by atoms with Crippen LogP contribution in [0.4, 0.5) is 8.78 Å². The van der Waals surface area contributed by atoms with Gasteiger partial charge in [-0.25, -0.2) is 8.78 Å². The monoisotopic (exact) mass is 273 g/mol. The number of halogens is 2. The van der Waals surface area contributed by atoms with Gasteiger partial charge in [0.1, 0.15) is 0 Å². The Morgan fingerprint density at radius 2 is 1.90 bits per heavy atom. The van der Waals surface area contributed by atoms with Gasteiger partial charge < -0.3 is 5.32 Å². The van der Waals surface area contributed by atoms with Crippen molar-refractivity contribution in [2.24, 2.45) is 0 Å². The number of hydrogen-bond donors (Lipinski definition) is 1. The van der Waals surface area contributed by atoms with E-state index in [1.165, 1.54) is 12.8 Å². The molecule has 104 valence electrons. The van der Waals surface area contributed by atoms with Gasteiger partial charge in [-0.15, -0.1) is 0 Å². The quantitative estimate of drug-likeness (QED) is 0.880. The molecule has 0 saturated heterocycles. The Balaban J connectivity index is 1.89. The van der Waals surface area contributed by atoms with Crippen LogP contribution < -0.4 is 5.32 Å². The molecule has 0 spiro atoms. The second kappa shape index (κ2) is 5.33. The summed E-state index contributed by atoms with van der Waals surface area (Å²) in [7, 11) is 0. The molecule has 2 aromatic rings. The summed E-state index contributed by atoms with van der Waals surface area (Å²) in [6, 6.07) is 11.5. The average Bonchev–Trinajstić information content (AvgIpc) is 3.27. The highest BCUT2D eigenvalue weighted by molar-refractivity contribution is 5.65. The summed E-state index contributed by atoms with van der Waals surface area (Å²) in [5.74, 6) is -1.53. The molecule has 0 radical (unpaired) electrons. The van der Waals surface area contributed by atoms with Crippen LogP contribution in [-0.2, 0) is 6.54 Å². The van der Waals surface area contributed by atoms with E-state index in [4.69, 9.17) is 0 Å². The summed E-state index contributed by atoms with van der Waals surface area (Å²) in [6.45, 7) is 2.34. The van der Waals surface area contributed by atoms with Gasteiger partial charge in [0.05, 0.1) is 0 Å². The highest BCUT2D eigenvalue weighted by atomic mass is 19.2. The van der Waals surface area contributed by atoms with Crippen LogP contribution in [0, 0.1) is 18.6 Å². The van der Waals surface area contributed by atoms with Crippen molar-refractivity contribution >= 4 is 0 Å². The van der Waals surface area contributed by atoms with Crippen molar-refractivity contribution in [1.29, 1.82) is 0 Å². The van der Waals surface area contributed by atoms with Gasteiger partial charge in [-0.1, -0.05) is 30.3 Å². The molecular formula is C17H17F2N. The zero-order valence-corrected chi connectivity index (χ0v) is 11.4. The van der Waals surface area contributed by atoms with E-state index < -0.39 is 11.6 Å². The molecule has 2 aromatic carbocycles. The minimum Gasteiger partial charge on any atom is -0.310 e. The van der Waals surface area contributed by atoms with E-state index in [0.29, 0.717) is 17.2 Å². The Morgan fingerprint density at radius 1 is 1.10 bits per heavy atom. The summed E-state index contributed by atoms with van der Waals surface area (Å²) < 4.78 is 27.7. The normalized spacial score (nSPS) is 14.6. The van der Waals surface area contributed by atoms with E-state index in [0.717, 1.165) is 17.7 Å². The molecule has 1 saturated carbocycles. The Kier molecular flexibility index (Phi) is 3.53. The maximum Gasteiger partial charge on any atom is 0.166 e. The molecule has 1 fully saturated rings. The van der Waals surface area contributed by atoms with Gasteiger partial charge in [0.2, 0.25) is 0 Å². The van der Waals surface area contributed by atoms with Crippen molar-refractivity contribution in [2.75, 3.05) is 0 Å². The van der Waals surface area contributed by atoms with Crippen molar-refractivity contribution in [1.82, 2.24) is 5.32 Å². The van der Waals surface area contributed by atoms with Gasteiger partial charge in [-0.2, -0.15) is 0 Å². The molecule has 0 heterocycles. The fourth-order valence-corrected chi connectivity index (χ4v) is 2.27. The Bertz CT molecular complexity index is 633. The first-order valence-electron chi connectivity index (χ1n) is 6.92. The summed E-state index contributed by atoms with van der Waals surface area (Å²) in [5.41, 5.74) is 2.46. The minimum atomic E-state index is -0.766. The smallest absolute Gasteiger partial charge is 0.166 e. The topological polar surface area (TPSA) is 12.0 Å². The van der Waals surface area contributed by atoms with Gasteiger partial charge in [0.25, 0.3) is 0 Å². The first kappa shape index (κ1) is 13.3. The van der Waals surface area contributed by atoms with Gasteiger partial charge in [-0.3, -0.25) is 0 Å². The van der Waals surface area contributed by atoms with Crippen LogP contribution in [-0.4, -0.2) is 6.04 Å². The van der Waals surface area contributed by atoms with E-state index in [1.54, 1.807) is 19.1 Å². The summed E-state index contributed by atoms with van der Waals surface area (Å²) in [6.07, 6.45) is 2.47. The van der Waals surface area contributed by atoms with E-state index >= 15 is 0 Å². The predicted octanol–water partition coefficient (Wildman–Crippen LogP) is 4.19. The predicted molar refractivity (Wildman–Crippen MR) is 76.4 cm³/mol. The number of benzene rings is 2. The van der Waals surface area contributed by atoms with Crippen LogP contribution in [0.5, 0.6) is 0 Å². The molecule has 3 heteroatoms. The highest BCUT2D eigenvalue weighted by Crippen LogP contribution is 2.27. The van der Waals surface area contributed by atoms with E-state index in [1.807, 2.05) is 24.3 Å². The third-order valence-corrected chi connectivity index (χ3v) is 3.69. The third-order valence-electron chi connectivity index (χ3n) is 3.69. The van der Waals surface area contributed by atoms with Gasteiger partial charge in [-0.05, 0) is 42.5 Å². The highest BCUT2D eigenvalue weighted by Gasteiger charge is 2.20. The van der Waals surface area contributed by atoms with Crippen LogP contribution in [0.25, 0.3) is 11.1 Å². The lowest BCUT2D eigenvalue weighted by Gasteiger charge is -2.09.